The molecule has 94 valence electrons. The minimum absolute atomic E-state index is 0.193. The second kappa shape index (κ2) is 3.82. The molecule has 0 saturated heterocycles. The molecule has 0 aliphatic heterocycles. The predicted molar refractivity (Wildman–Crippen MR) is 62.4 cm³/mol. The van der Waals surface area contributed by atoms with E-state index in [1.54, 1.807) is 0 Å². The Hall–Kier alpha value is -0.860. The maximum atomic E-state index is 11.0. The van der Waals surface area contributed by atoms with Gasteiger partial charge in [-0.3, -0.25) is 4.79 Å². The fraction of sp³-hybridized carbons (Fsp3) is 0.857. The summed E-state index contributed by atoms with van der Waals surface area (Å²) in [5.41, 5.74) is 0.193. The number of hydrogen-bond acceptors (Lipinski definition) is 2. The summed E-state index contributed by atoms with van der Waals surface area (Å²) < 4.78 is 0. The molecule has 1 atom stereocenters. The molecule has 4 bridgehead atoms. The first-order valence-corrected chi connectivity index (χ1v) is 6.78. The van der Waals surface area contributed by atoms with E-state index in [-0.39, 0.29) is 5.41 Å². The van der Waals surface area contributed by atoms with Crippen LogP contribution in [0.3, 0.4) is 0 Å². The fourth-order valence-electron chi connectivity index (χ4n) is 5.20. The summed E-state index contributed by atoms with van der Waals surface area (Å²) in [6.45, 7) is 0. The molecule has 0 amide bonds. The van der Waals surface area contributed by atoms with E-state index in [1.807, 2.05) is 0 Å². The first kappa shape index (κ1) is 11.2. The van der Waals surface area contributed by atoms with Crippen LogP contribution in [0.2, 0.25) is 0 Å². The van der Waals surface area contributed by atoms with Crippen molar-refractivity contribution in [3.63, 3.8) is 0 Å². The third-order valence-electron chi connectivity index (χ3n) is 5.30. The Morgan fingerprint density at radius 3 is 2.00 bits per heavy atom. The first-order chi connectivity index (χ1) is 8.10. The molecule has 4 aliphatic carbocycles. The molecule has 1 unspecified atom stereocenters. The molecule has 0 aromatic rings. The van der Waals surface area contributed by atoms with Gasteiger partial charge >= 0.3 is 5.97 Å². The molecule has 0 heterocycles. The van der Waals surface area contributed by atoms with Crippen LogP contribution in [0.15, 0.2) is 0 Å². The molecule has 0 spiro atoms. The number of rotatable bonds is 4. The summed E-state index contributed by atoms with van der Waals surface area (Å²) in [6, 6.07) is 0. The molecule has 3 nitrogen and oxygen atoms in total. The molecule has 4 saturated carbocycles. The molecule has 1 N–H and O–H groups in total. The van der Waals surface area contributed by atoms with Crippen LogP contribution in [-0.2, 0) is 9.59 Å². The molecule has 0 aromatic heterocycles. The van der Waals surface area contributed by atoms with Gasteiger partial charge in [0.15, 0.2) is 0 Å². The van der Waals surface area contributed by atoms with Gasteiger partial charge in [-0.2, -0.15) is 0 Å². The number of hydrogen-bond donors (Lipinski definition) is 1. The number of carboxylic acids is 1. The third kappa shape index (κ3) is 1.90. The van der Waals surface area contributed by atoms with Gasteiger partial charge in [-0.15, -0.1) is 0 Å². The Kier molecular flexibility index (Phi) is 2.53. The summed E-state index contributed by atoms with van der Waals surface area (Å²) in [5.74, 6) is 0.758. The van der Waals surface area contributed by atoms with Gasteiger partial charge in [0.2, 0.25) is 0 Å². The van der Waals surface area contributed by atoms with Crippen molar-refractivity contribution in [2.24, 2.45) is 29.1 Å². The molecule has 0 radical (unpaired) electrons. The van der Waals surface area contributed by atoms with E-state index in [9.17, 15) is 9.59 Å². The topological polar surface area (TPSA) is 54.4 Å². The fourth-order valence-corrected chi connectivity index (χ4v) is 5.20. The standard InChI is InChI=1S/C14H20O3/c15-8-12(13(16)17)7-14-4-9-1-10(5-14)3-11(2-9)6-14/h8-12H,1-7H2,(H,16,17). The maximum absolute atomic E-state index is 11.0. The van der Waals surface area contributed by atoms with Gasteiger partial charge in [-0.05, 0) is 68.1 Å². The summed E-state index contributed by atoms with van der Waals surface area (Å²) in [7, 11) is 0. The smallest absolute Gasteiger partial charge is 0.313 e. The van der Waals surface area contributed by atoms with E-state index in [2.05, 4.69) is 0 Å². The molecule has 0 aromatic carbocycles. The van der Waals surface area contributed by atoms with E-state index in [0.29, 0.717) is 12.7 Å². The molecular weight excluding hydrogens is 216 g/mol. The van der Waals surface area contributed by atoms with Crippen molar-refractivity contribution in [2.75, 3.05) is 0 Å². The second-order valence-electron chi connectivity index (χ2n) is 6.70. The average Bonchev–Trinajstić information content (AvgIpc) is 2.23. The Morgan fingerprint density at radius 1 is 1.18 bits per heavy atom. The molecule has 4 rings (SSSR count). The monoisotopic (exact) mass is 236 g/mol. The minimum atomic E-state index is -0.934. The van der Waals surface area contributed by atoms with Crippen molar-refractivity contribution in [3.05, 3.63) is 0 Å². The zero-order chi connectivity index (χ0) is 12.0. The molecule has 4 aliphatic rings. The lowest BCUT2D eigenvalue weighted by molar-refractivity contribution is -0.147. The Balaban J connectivity index is 1.77. The van der Waals surface area contributed by atoms with Crippen LogP contribution < -0.4 is 0 Å². The quantitative estimate of drug-likeness (QED) is 0.602. The Morgan fingerprint density at radius 2 is 1.65 bits per heavy atom. The van der Waals surface area contributed by atoms with Gasteiger partial charge in [0.05, 0.1) is 0 Å². The highest BCUT2D eigenvalue weighted by atomic mass is 16.4. The zero-order valence-electron chi connectivity index (χ0n) is 10.1. The Labute approximate surface area is 102 Å². The van der Waals surface area contributed by atoms with Gasteiger partial charge in [-0.25, -0.2) is 0 Å². The Bertz CT molecular complexity index is 312. The van der Waals surface area contributed by atoms with Crippen LogP contribution >= 0.6 is 0 Å². The van der Waals surface area contributed by atoms with Crippen LogP contribution in [0.1, 0.15) is 44.9 Å². The number of carbonyl (C=O) groups is 2. The van der Waals surface area contributed by atoms with E-state index >= 15 is 0 Å². The normalized spacial score (nSPS) is 44.6. The molecule has 3 heteroatoms. The molecular formula is C14H20O3. The first-order valence-electron chi connectivity index (χ1n) is 6.78. The SMILES string of the molecule is O=CC(CC12CC3CC(CC(C3)C1)C2)C(=O)O. The van der Waals surface area contributed by atoms with Gasteiger partial charge in [0.25, 0.3) is 0 Å². The van der Waals surface area contributed by atoms with Crippen LogP contribution in [0.25, 0.3) is 0 Å². The summed E-state index contributed by atoms with van der Waals surface area (Å²) in [6.07, 6.45) is 8.84. The van der Waals surface area contributed by atoms with E-state index in [4.69, 9.17) is 5.11 Å². The van der Waals surface area contributed by atoms with Crippen LogP contribution in [0.5, 0.6) is 0 Å². The number of aliphatic carboxylic acids is 1. The summed E-state index contributed by atoms with van der Waals surface area (Å²) in [4.78, 5) is 21.9. The van der Waals surface area contributed by atoms with Crippen LogP contribution in [-0.4, -0.2) is 17.4 Å². The molecule has 4 fully saturated rings. The van der Waals surface area contributed by atoms with Gasteiger partial charge in [0, 0.05) is 0 Å². The lowest BCUT2D eigenvalue weighted by Gasteiger charge is -2.57. The van der Waals surface area contributed by atoms with Crippen molar-refractivity contribution in [1.29, 1.82) is 0 Å². The van der Waals surface area contributed by atoms with Gasteiger partial charge in [0.1, 0.15) is 12.2 Å². The van der Waals surface area contributed by atoms with Crippen LogP contribution in [0, 0.1) is 29.1 Å². The largest absolute Gasteiger partial charge is 0.481 e. The van der Waals surface area contributed by atoms with E-state index in [1.165, 1.54) is 38.5 Å². The van der Waals surface area contributed by atoms with Crippen molar-refractivity contribution >= 4 is 12.3 Å². The predicted octanol–water partition coefficient (Wildman–Crippen LogP) is 2.49. The number of carbonyl (C=O) groups excluding carboxylic acids is 1. The number of carboxylic acid groups (broad SMARTS) is 1. The summed E-state index contributed by atoms with van der Waals surface area (Å²) >= 11 is 0. The number of aldehydes is 1. The lowest BCUT2D eigenvalue weighted by atomic mass is 9.48. The molecule has 17 heavy (non-hydrogen) atoms. The second-order valence-corrected chi connectivity index (χ2v) is 6.70. The highest BCUT2D eigenvalue weighted by molar-refractivity contribution is 5.86. The lowest BCUT2D eigenvalue weighted by Crippen LogP contribution is -2.47. The van der Waals surface area contributed by atoms with Gasteiger partial charge < -0.3 is 9.90 Å². The van der Waals surface area contributed by atoms with E-state index in [0.717, 1.165) is 17.8 Å². The average molecular weight is 236 g/mol. The minimum Gasteiger partial charge on any atom is -0.481 e. The van der Waals surface area contributed by atoms with Crippen LogP contribution in [0.4, 0.5) is 0 Å². The highest BCUT2D eigenvalue weighted by Gasteiger charge is 2.51. The highest BCUT2D eigenvalue weighted by Crippen LogP contribution is 2.61. The van der Waals surface area contributed by atoms with Crippen molar-refractivity contribution in [2.45, 2.75) is 44.9 Å². The third-order valence-corrected chi connectivity index (χ3v) is 5.30. The van der Waals surface area contributed by atoms with Crippen molar-refractivity contribution < 1.29 is 14.7 Å². The van der Waals surface area contributed by atoms with Gasteiger partial charge in [-0.1, -0.05) is 0 Å². The zero-order valence-corrected chi connectivity index (χ0v) is 10.1. The summed E-state index contributed by atoms with van der Waals surface area (Å²) in [5, 5.41) is 9.04. The van der Waals surface area contributed by atoms with Crippen molar-refractivity contribution in [3.8, 4) is 0 Å². The maximum Gasteiger partial charge on any atom is 0.313 e. The van der Waals surface area contributed by atoms with E-state index < -0.39 is 11.9 Å². The van der Waals surface area contributed by atoms with Crippen molar-refractivity contribution in [1.82, 2.24) is 0 Å².